The van der Waals surface area contributed by atoms with Crippen molar-refractivity contribution in [1.82, 2.24) is 15.3 Å². The second-order valence-electron chi connectivity index (χ2n) is 4.65. The smallest absolute Gasteiger partial charge is 0.304 e. The van der Waals surface area contributed by atoms with Crippen LogP contribution in [0.4, 0.5) is 10.1 Å². The van der Waals surface area contributed by atoms with Crippen LogP contribution in [0.1, 0.15) is 10.4 Å². The zero-order valence-electron chi connectivity index (χ0n) is 11.0. The predicted octanol–water partition coefficient (Wildman–Crippen LogP) is 0.626. The second kappa shape index (κ2) is 5.93. The topological polar surface area (TPSA) is 78.7 Å². The van der Waals surface area contributed by atoms with Crippen LogP contribution in [0.15, 0.2) is 18.2 Å². The Morgan fingerprint density at radius 1 is 1.35 bits per heavy atom. The van der Waals surface area contributed by atoms with Crippen molar-refractivity contribution in [2.75, 3.05) is 33.2 Å². The Balaban J connectivity index is 2.02. The first-order valence-electron chi connectivity index (χ1n) is 6.16. The fourth-order valence-corrected chi connectivity index (χ4v) is 1.92. The molecule has 20 heavy (non-hydrogen) atoms. The monoisotopic (exact) mass is 282 g/mol. The fourth-order valence-electron chi connectivity index (χ4n) is 1.92. The maximum Gasteiger partial charge on any atom is 0.304 e. The number of nitrogens with one attached hydrogen (secondary N) is 1. The lowest BCUT2D eigenvalue weighted by Crippen LogP contribution is -2.52. The molecule has 108 valence electrons. The van der Waals surface area contributed by atoms with Crippen LogP contribution >= 0.6 is 0 Å². The Hall–Kier alpha value is -2.06. The molecule has 0 aromatic heterocycles. The molecule has 8 heteroatoms. The van der Waals surface area contributed by atoms with Crippen molar-refractivity contribution in [2.24, 2.45) is 0 Å². The number of carbonyl (C=O) groups is 1. The summed E-state index contributed by atoms with van der Waals surface area (Å²) in [6.45, 7) is 3.01. The molecular formula is C12H15FN4O3. The van der Waals surface area contributed by atoms with E-state index >= 15 is 0 Å². The van der Waals surface area contributed by atoms with E-state index in [0.717, 1.165) is 25.2 Å². The van der Waals surface area contributed by atoms with E-state index in [0.29, 0.717) is 13.1 Å². The van der Waals surface area contributed by atoms with Gasteiger partial charge >= 0.3 is 5.69 Å². The maximum atomic E-state index is 13.4. The number of rotatable bonds is 3. The number of piperazine rings is 1. The molecule has 0 unspecified atom stereocenters. The van der Waals surface area contributed by atoms with Crippen LogP contribution in [-0.4, -0.2) is 54.0 Å². The van der Waals surface area contributed by atoms with Crippen molar-refractivity contribution in [3.8, 4) is 0 Å². The normalized spacial score (nSPS) is 16.9. The molecule has 0 spiro atoms. The van der Waals surface area contributed by atoms with E-state index in [-0.39, 0.29) is 5.56 Å². The lowest BCUT2D eigenvalue weighted by molar-refractivity contribution is -0.387. The molecule has 1 aliphatic rings. The Morgan fingerprint density at radius 3 is 2.55 bits per heavy atom. The van der Waals surface area contributed by atoms with Crippen molar-refractivity contribution in [3.05, 3.63) is 39.7 Å². The molecule has 1 aliphatic heterocycles. The van der Waals surface area contributed by atoms with Gasteiger partial charge in [-0.2, -0.15) is 4.39 Å². The first-order chi connectivity index (χ1) is 9.47. The number of carbonyl (C=O) groups excluding carboxylic acids is 1. The number of hydrazine groups is 1. The number of hydrogen-bond acceptors (Lipinski definition) is 5. The average Bonchev–Trinajstić information content (AvgIpc) is 2.40. The van der Waals surface area contributed by atoms with Gasteiger partial charge in [0.2, 0.25) is 5.82 Å². The van der Waals surface area contributed by atoms with Crippen molar-refractivity contribution in [3.63, 3.8) is 0 Å². The summed E-state index contributed by atoms with van der Waals surface area (Å²) in [4.78, 5) is 23.7. The molecule has 2 rings (SSSR count). The molecule has 1 aromatic carbocycles. The van der Waals surface area contributed by atoms with Gasteiger partial charge in [-0.15, -0.1) is 0 Å². The summed E-state index contributed by atoms with van der Waals surface area (Å²) in [6.07, 6.45) is 0. The Bertz CT molecular complexity index is 529. The fraction of sp³-hybridized carbons (Fsp3) is 0.417. The van der Waals surface area contributed by atoms with Crippen LogP contribution in [0.5, 0.6) is 0 Å². The quantitative estimate of drug-likeness (QED) is 0.649. The van der Waals surface area contributed by atoms with Gasteiger partial charge in [-0.05, 0) is 19.2 Å². The van der Waals surface area contributed by atoms with Gasteiger partial charge in [0, 0.05) is 37.8 Å². The van der Waals surface area contributed by atoms with E-state index in [1.165, 1.54) is 6.07 Å². The van der Waals surface area contributed by atoms with Crippen LogP contribution in [0.3, 0.4) is 0 Å². The molecule has 0 radical (unpaired) electrons. The van der Waals surface area contributed by atoms with E-state index in [1.807, 2.05) is 7.05 Å². The lowest BCUT2D eigenvalue weighted by Gasteiger charge is -2.32. The highest BCUT2D eigenvalue weighted by atomic mass is 19.1. The molecule has 1 saturated heterocycles. The molecule has 1 aromatic rings. The van der Waals surface area contributed by atoms with Crippen molar-refractivity contribution in [1.29, 1.82) is 0 Å². The third kappa shape index (κ3) is 3.28. The predicted molar refractivity (Wildman–Crippen MR) is 69.6 cm³/mol. The minimum absolute atomic E-state index is 0.0621. The van der Waals surface area contributed by atoms with E-state index in [2.05, 4.69) is 10.3 Å². The number of nitro benzene ring substituents is 1. The van der Waals surface area contributed by atoms with Crippen molar-refractivity contribution < 1.29 is 14.1 Å². The first kappa shape index (κ1) is 14.4. The van der Waals surface area contributed by atoms with Gasteiger partial charge in [0.15, 0.2) is 0 Å². The van der Waals surface area contributed by atoms with Crippen LogP contribution in [0.25, 0.3) is 0 Å². The zero-order valence-corrected chi connectivity index (χ0v) is 11.0. The van der Waals surface area contributed by atoms with Crippen molar-refractivity contribution in [2.45, 2.75) is 0 Å². The third-order valence-electron chi connectivity index (χ3n) is 3.17. The molecule has 0 aliphatic carbocycles. The maximum absolute atomic E-state index is 13.4. The molecule has 0 saturated carbocycles. The molecule has 0 atom stereocenters. The minimum atomic E-state index is -1.01. The van der Waals surface area contributed by atoms with Crippen LogP contribution in [0.2, 0.25) is 0 Å². The summed E-state index contributed by atoms with van der Waals surface area (Å²) in [7, 11) is 1.99. The van der Waals surface area contributed by atoms with Gasteiger partial charge in [-0.25, -0.2) is 5.01 Å². The Kier molecular flexibility index (Phi) is 4.26. The second-order valence-corrected chi connectivity index (χ2v) is 4.65. The number of halogens is 1. The third-order valence-corrected chi connectivity index (χ3v) is 3.17. The summed E-state index contributed by atoms with van der Waals surface area (Å²) in [5.74, 6) is -1.48. The highest BCUT2D eigenvalue weighted by molar-refractivity contribution is 5.94. The number of benzene rings is 1. The minimum Gasteiger partial charge on any atom is -0.304 e. The molecule has 1 amide bonds. The summed E-state index contributed by atoms with van der Waals surface area (Å²) < 4.78 is 13.4. The number of nitrogens with zero attached hydrogens (tertiary/aromatic N) is 3. The van der Waals surface area contributed by atoms with Gasteiger partial charge in [0.1, 0.15) is 0 Å². The van der Waals surface area contributed by atoms with Crippen LogP contribution in [-0.2, 0) is 0 Å². The highest BCUT2D eigenvalue weighted by Gasteiger charge is 2.19. The molecule has 0 bridgehead atoms. The van der Waals surface area contributed by atoms with Gasteiger partial charge in [-0.3, -0.25) is 20.3 Å². The molecule has 1 N–H and O–H groups in total. The zero-order chi connectivity index (χ0) is 14.7. The molecule has 1 heterocycles. The van der Waals surface area contributed by atoms with Gasteiger partial charge in [0.05, 0.1) is 4.92 Å². The largest absolute Gasteiger partial charge is 0.304 e. The molecular weight excluding hydrogens is 267 g/mol. The summed E-state index contributed by atoms with van der Waals surface area (Å²) in [5.41, 5.74) is 2.09. The van der Waals surface area contributed by atoms with E-state index in [1.54, 1.807) is 5.01 Å². The number of likely N-dealkylation sites (N-methyl/N-ethyl adjacent to an activating group) is 1. The SMILES string of the molecule is CN1CCN(NC(=O)c2ccc([N+](=O)[O-])c(F)c2)CC1. The average molecular weight is 282 g/mol. The summed E-state index contributed by atoms with van der Waals surface area (Å²) in [5, 5.41) is 12.3. The Morgan fingerprint density at radius 2 is 2.00 bits per heavy atom. The number of amides is 1. The summed E-state index contributed by atoms with van der Waals surface area (Å²) in [6, 6.07) is 3.12. The number of hydrogen-bond donors (Lipinski definition) is 1. The standard InChI is InChI=1S/C12H15FN4O3/c1-15-4-6-16(7-5-15)14-12(18)9-2-3-11(17(19)20)10(13)8-9/h2-3,8H,4-7H2,1H3,(H,14,18). The van der Waals surface area contributed by atoms with E-state index in [9.17, 15) is 19.3 Å². The van der Waals surface area contributed by atoms with Crippen LogP contribution < -0.4 is 5.43 Å². The van der Waals surface area contributed by atoms with E-state index < -0.39 is 22.3 Å². The molecule has 1 fully saturated rings. The van der Waals surface area contributed by atoms with Gasteiger partial charge < -0.3 is 4.90 Å². The lowest BCUT2D eigenvalue weighted by atomic mass is 10.2. The van der Waals surface area contributed by atoms with E-state index in [4.69, 9.17) is 0 Å². The Labute approximate surface area is 115 Å². The molecule has 7 nitrogen and oxygen atoms in total. The summed E-state index contributed by atoms with van der Waals surface area (Å²) >= 11 is 0. The van der Waals surface area contributed by atoms with Crippen molar-refractivity contribution >= 4 is 11.6 Å². The highest BCUT2D eigenvalue weighted by Crippen LogP contribution is 2.18. The van der Waals surface area contributed by atoms with Crippen LogP contribution in [0, 0.1) is 15.9 Å². The number of nitro groups is 1. The first-order valence-corrected chi connectivity index (χ1v) is 6.16. The van der Waals surface area contributed by atoms with Gasteiger partial charge in [-0.1, -0.05) is 0 Å². The van der Waals surface area contributed by atoms with Gasteiger partial charge in [0.25, 0.3) is 5.91 Å².